The van der Waals surface area contributed by atoms with Crippen molar-refractivity contribution in [2.75, 3.05) is 13.2 Å². The van der Waals surface area contributed by atoms with Crippen LogP contribution in [0.15, 0.2) is 11.6 Å². The molecule has 2 saturated carbocycles. The Labute approximate surface area is 170 Å². The maximum atomic E-state index is 13.2. The molecule has 158 valence electrons. The molecule has 0 aromatic heterocycles. The van der Waals surface area contributed by atoms with Crippen molar-refractivity contribution < 1.29 is 33.3 Å². The van der Waals surface area contributed by atoms with E-state index in [1.54, 1.807) is 0 Å². The first kappa shape index (κ1) is 19.2. The maximum Gasteiger partial charge on any atom is 0.331 e. The van der Waals surface area contributed by atoms with Gasteiger partial charge in [-0.3, -0.25) is 9.59 Å². The zero-order chi connectivity index (χ0) is 20.8. The normalized spacial score (nSPS) is 50.6. The van der Waals surface area contributed by atoms with Crippen molar-refractivity contribution in [3.05, 3.63) is 11.6 Å². The van der Waals surface area contributed by atoms with Crippen LogP contribution < -0.4 is 0 Å². The summed E-state index contributed by atoms with van der Waals surface area (Å²) in [5.74, 6) is -0.375. The quantitative estimate of drug-likeness (QED) is 0.513. The van der Waals surface area contributed by atoms with Crippen molar-refractivity contribution in [3.63, 3.8) is 0 Å². The van der Waals surface area contributed by atoms with Gasteiger partial charge in [0.05, 0.1) is 18.8 Å². The number of rotatable bonds is 2. The molecule has 3 heterocycles. The maximum absolute atomic E-state index is 13.2. The molecule has 5 rings (SSSR count). The number of Topliss-reactive ketones (excluding diaryl/α,β-unsaturated/α-hetero) is 1. The van der Waals surface area contributed by atoms with Gasteiger partial charge in [-0.15, -0.1) is 0 Å². The summed E-state index contributed by atoms with van der Waals surface area (Å²) < 4.78 is 23.2. The Morgan fingerprint density at radius 2 is 2.00 bits per heavy atom. The number of esters is 2. The first-order chi connectivity index (χ1) is 13.6. The van der Waals surface area contributed by atoms with Gasteiger partial charge in [-0.2, -0.15) is 0 Å². The van der Waals surface area contributed by atoms with Gasteiger partial charge < -0.3 is 18.9 Å². The Balaban J connectivity index is 1.59. The van der Waals surface area contributed by atoms with E-state index in [-0.39, 0.29) is 60.2 Å². The monoisotopic (exact) mass is 404 g/mol. The van der Waals surface area contributed by atoms with E-state index in [9.17, 15) is 14.4 Å². The summed E-state index contributed by atoms with van der Waals surface area (Å²) in [6, 6.07) is 0. The van der Waals surface area contributed by atoms with Crippen LogP contribution >= 0.6 is 0 Å². The Morgan fingerprint density at radius 3 is 2.59 bits per heavy atom. The van der Waals surface area contributed by atoms with E-state index in [0.29, 0.717) is 13.0 Å². The largest absolute Gasteiger partial charge is 0.462 e. The summed E-state index contributed by atoms with van der Waals surface area (Å²) in [7, 11) is 0. The molecule has 3 aliphatic heterocycles. The first-order valence-corrected chi connectivity index (χ1v) is 10.5. The lowest BCUT2D eigenvalue weighted by Gasteiger charge is -2.66. The van der Waals surface area contributed by atoms with Gasteiger partial charge in [0.1, 0.15) is 12.7 Å². The zero-order valence-corrected chi connectivity index (χ0v) is 17.4. The van der Waals surface area contributed by atoms with Crippen LogP contribution in [0.2, 0.25) is 0 Å². The molecule has 0 N–H and O–H groups in total. The summed E-state index contributed by atoms with van der Waals surface area (Å²) in [5, 5.41) is 0. The lowest BCUT2D eigenvalue weighted by molar-refractivity contribution is -0.265. The van der Waals surface area contributed by atoms with Crippen LogP contribution in [0.5, 0.6) is 0 Å². The third kappa shape index (κ3) is 2.40. The topological polar surface area (TPSA) is 91.4 Å². The van der Waals surface area contributed by atoms with Crippen LogP contribution in [-0.2, 0) is 33.3 Å². The molecule has 2 aliphatic carbocycles. The number of carbonyl (C=O) groups excluding carboxylic acids is 3. The molecule has 1 spiro atoms. The Hall–Kier alpha value is -1.73. The highest BCUT2D eigenvalue weighted by Crippen LogP contribution is 2.70. The van der Waals surface area contributed by atoms with Crippen molar-refractivity contribution in [2.24, 2.45) is 22.7 Å². The molecular weight excluding hydrogens is 376 g/mol. The van der Waals surface area contributed by atoms with Gasteiger partial charge in [0.2, 0.25) is 0 Å². The van der Waals surface area contributed by atoms with E-state index in [1.807, 2.05) is 0 Å². The molecule has 7 nitrogen and oxygen atoms in total. The van der Waals surface area contributed by atoms with Gasteiger partial charge in [0.25, 0.3) is 0 Å². The summed E-state index contributed by atoms with van der Waals surface area (Å²) in [4.78, 5) is 36.7. The van der Waals surface area contributed by atoms with Crippen LogP contribution in [0.3, 0.4) is 0 Å². The summed E-state index contributed by atoms with van der Waals surface area (Å²) in [6.45, 7) is 8.55. The molecule has 0 aromatic rings. The minimum absolute atomic E-state index is 0.0122. The highest BCUT2D eigenvalue weighted by Gasteiger charge is 2.79. The van der Waals surface area contributed by atoms with Gasteiger partial charge in [-0.1, -0.05) is 20.8 Å². The Kier molecular flexibility index (Phi) is 3.92. The fourth-order valence-corrected chi connectivity index (χ4v) is 6.94. The van der Waals surface area contributed by atoms with Crippen LogP contribution in [0.1, 0.15) is 47.0 Å². The number of cyclic esters (lactones) is 1. The smallest absolute Gasteiger partial charge is 0.331 e. The van der Waals surface area contributed by atoms with Crippen molar-refractivity contribution in [1.29, 1.82) is 0 Å². The number of hydrogen-bond donors (Lipinski definition) is 0. The van der Waals surface area contributed by atoms with Gasteiger partial charge in [0, 0.05) is 36.3 Å². The van der Waals surface area contributed by atoms with Gasteiger partial charge in [-0.05, 0) is 24.2 Å². The lowest BCUT2D eigenvalue weighted by atomic mass is 9.41. The van der Waals surface area contributed by atoms with E-state index >= 15 is 0 Å². The fraction of sp³-hybridized carbons (Fsp3) is 0.773. The minimum atomic E-state index is -0.877. The van der Waals surface area contributed by atoms with Gasteiger partial charge in [-0.25, -0.2) is 4.79 Å². The van der Waals surface area contributed by atoms with E-state index < -0.39 is 17.1 Å². The van der Waals surface area contributed by atoms with Crippen molar-refractivity contribution >= 4 is 17.7 Å². The van der Waals surface area contributed by atoms with Crippen LogP contribution in [-0.4, -0.2) is 54.8 Å². The van der Waals surface area contributed by atoms with Crippen LogP contribution in [0, 0.1) is 22.7 Å². The number of ketones is 1. The van der Waals surface area contributed by atoms with E-state index in [4.69, 9.17) is 18.9 Å². The number of ether oxygens (including phenoxy) is 4. The van der Waals surface area contributed by atoms with Crippen molar-refractivity contribution in [2.45, 2.75) is 70.9 Å². The SMILES string of the molecule is CC(=O)O[C@H]1C[C@@H](C)[C@]2(C)C[C@@H](C3=CC(=O)OC3)O[C@@H]3CC(=O)[C@]4(CO4)[C@@]1(C)[C@H]32. The number of hydrogen-bond acceptors (Lipinski definition) is 7. The average molecular weight is 404 g/mol. The molecule has 4 fully saturated rings. The second-order valence-corrected chi connectivity index (χ2v) is 9.94. The molecule has 29 heavy (non-hydrogen) atoms. The second-order valence-electron chi connectivity index (χ2n) is 9.94. The van der Waals surface area contributed by atoms with Crippen LogP contribution in [0.4, 0.5) is 0 Å². The number of epoxide rings is 1. The molecule has 5 aliphatic rings. The summed E-state index contributed by atoms with van der Waals surface area (Å²) in [6.07, 6.45) is 2.29. The molecule has 0 amide bonds. The minimum Gasteiger partial charge on any atom is -0.462 e. The highest BCUT2D eigenvalue weighted by molar-refractivity contribution is 5.93. The Morgan fingerprint density at radius 1 is 1.28 bits per heavy atom. The van der Waals surface area contributed by atoms with E-state index in [2.05, 4.69) is 20.8 Å². The predicted octanol–water partition coefficient (Wildman–Crippen LogP) is 1.97. The molecule has 0 bridgehead atoms. The predicted molar refractivity (Wildman–Crippen MR) is 99.7 cm³/mol. The van der Waals surface area contributed by atoms with Gasteiger partial charge >= 0.3 is 11.9 Å². The molecule has 0 aromatic carbocycles. The second kappa shape index (κ2) is 5.91. The molecule has 0 unspecified atom stereocenters. The Bertz CT molecular complexity index is 827. The van der Waals surface area contributed by atoms with Crippen molar-refractivity contribution in [1.82, 2.24) is 0 Å². The first-order valence-electron chi connectivity index (χ1n) is 10.5. The fourth-order valence-electron chi connectivity index (χ4n) is 6.94. The summed E-state index contributed by atoms with van der Waals surface area (Å²) >= 11 is 0. The van der Waals surface area contributed by atoms with E-state index in [0.717, 1.165) is 12.0 Å². The third-order valence-corrected chi connectivity index (χ3v) is 8.60. The molecular formula is C22H28O7. The third-order valence-electron chi connectivity index (χ3n) is 8.60. The van der Waals surface area contributed by atoms with Crippen molar-refractivity contribution in [3.8, 4) is 0 Å². The number of carbonyl (C=O) groups is 3. The molecule has 8 atom stereocenters. The number of fused-ring (bicyclic) bond motifs is 1. The molecule has 7 heteroatoms. The highest BCUT2D eigenvalue weighted by atomic mass is 16.6. The molecule has 2 saturated heterocycles. The van der Waals surface area contributed by atoms with E-state index in [1.165, 1.54) is 13.0 Å². The standard InChI is InChI=1S/C22H28O7/c1-11-5-17(28-12(2)23)21(4)19-14(7-16(24)22(21)10-27-22)29-15(8-20(11,19)3)13-6-18(25)26-9-13/h6,11,14-15,17,19H,5,7-10H2,1-4H3/t11-,14-,15+,17+,19-,20+,21-,22-/m1/s1. The van der Waals surface area contributed by atoms with Crippen LogP contribution in [0.25, 0.3) is 0 Å². The average Bonchev–Trinajstić information content (AvgIpc) is 3.33. The molecule has 0 radical (unpaired) electrons. The zero-order valence-electron chi connectivity index (χ0n) is 17.4. The van der Waals surface area contributed by atoms with Gasteiger partial charge in [0.15, 0.2) is 11.4 Å². The summed E-state index contributed by atoms with van der Waals surface area (Å²) in [5.41, 5.74) is -0.814. The lowest BCUT2D eigenvalue weighted by Crippen LogP contribution is -2.72.